The molecule has 4 nitrogen and oxygen atoms in total. The van der Waals surface area contributed by atoms with Gasteiger partial charge >= 0.3 is 0 Å². The summed E-state index contributed by atoms with van der Waals surface area (Å²) >= 11 is 0. The molecule has 0 saturated heterocycles. The van der Waals surface area contributed by atoms with Gasteiger partial charge in [0.15, 0.2) is 0 Å². The van der Waals surface area contributed by atoms with E-state index in [4.69, 9.17) is 5.73 Å². The maximum absolute atomic E-state index is 11.5. The van der Waals surface area contributed by atoms with Crippen LogP contribution in [0.2, 0.25) is 0 Å². The summed E-state index contributed by atoms with van der Waals surface area (Å²) in [5.41, 5.74) is 6.47. The molecule has 0 aliphatic rings. The van der Waals surface area contributed by atoms with Crippen LogP contribution in [-0.2, 0) is 11.2 Å². The van der Waals surface area contributed by atoms with Crippen molar-refractivity contribution < 1.29 is 4.79 Å². The Hall–Kier alpha value is -1.29. The number of carbonyl (C=O) groups excluding carboxylic acids is 1. The van der Waals surface area contributed by atoms with E-state index in [2.05, 4.69) is 9.97 Å². The van der Waals surface area contributed by atoms with Gasteiger partial charge in [-0.1, -0.05) is 13.8 Å². The summed E-state index contributed by atoms with van der Waals surface area (Å²) in [6.07, 6.45) is 1.94. The molecule has 4 heteroatoms. The Morgan fingerprint density at radius 1 is 1.47 bits per heavy atom. The van der Waals surface area contributed by atoms with E-state index in [1.807, 2.05) is 20.8 Å². The lowest BCUT2D eigenvalue weighted by atomic mass is 10.1. The number of hydrogen-bond acceptors (Lipinski definition) is 4. The van der Waals surface area contributed by atoms with Crippen LogP contribution in [0, 0.1) is 5.92 Å². The van der Waals surface area contributed by atoms with Crippen molar-refractivity contribution in [1.29, 1.82) is 0 Å². The maximum Gasteiger partial charge on any atom is 0.142 e. The fourth-order valence-corrected chi connectivity index (χ4v) is 1.11. The van der Waals surface area contributed by atoms with Crippen LogP contribution in [0.4, 0.5) is 0 Å². The molecule has 0 amide bonds. The molecule has 0 radical (unpaired) electrons. The molecule has 0 aliphatic heterocycles. The van der Waals surface area contributed by atoms with Crippen molar-refractivity contribution in [1.82, 2.24) is 9.97 Å². The SMILES string of the molecule is CC(C)C(=O)Cc1nccc(C(C)N)n1. The average molecular weight is 207 g/mol. The van der Waals surface area contributed by atoms with Crippen LogP contribution in [0.5, 0.6) is 0 Å². The second-order valence-corrected chi connectivity index (χ2v) is 3.98. The van der Waals surface area contributed by atoms with E-state index in [-0.39, 0.29) is 24.2 Å². The van der Waals surface area contributed by atoms with E-state index in [0.29, 0.717) is 5.82 Å². The first-order valence-corrected chi connectivity index (χ1v) is 5.10. The van der Waals surface area contributed by atoms with Gasteiger partial charge in [-0.25, -0.2) is 9.97 Å². The number of ketones is 1. The fraction of sp³-hybridized carbons (Fsp3) is 0.545. The summed E-state index contributed by atoms with van der Waals surface area (Å²) in [4.78, 5) is 19.8. The predicted octanol–water partition coefficient (Wildman–Crippen LogP) is 1.26. The molecule has 82 valence electrons. The van der Waals surface area contributed by atoms with E-state index >= 15 is 0 Å². The Morgan fingerprint density at radius 2 is 2.13 bits per heavy atom. The number of aromatic nitrogens is 2. The quantitative estimate of drug-likeness (QED) is 0.807. The zero-order chi connectivity index (χ0) is 11.4. The number of nitrogens with zero attached hydrogens (tertiary/aromatic N) is 2. The molecule has 1 rings (SSSR count). The van der Waals surface area contributed by atoms with Crippen molar-refractivity contribution in [2.45, 2.75) is 33.2 Å². The Morgan fingerprint density at radius 3 is 2.67 bits per heavy atom. The van der Waals surface area contributed by atoms with Crippen molar-refractivity contribution in [3.8, 4) is 0 Å². The Bertz CT molecular complexity index is 347. The highest BCUT2D eigenvalue weighted by Crippen LogP contribution is 2.07. The Labute approximate surface area is 89.9 Å². The molecule has 0 fully saturated rings. The van der Waals surface area contributed by atoms with Crippen LogP contribution in [0.1, 0.15) is 38.3 Å². The fourth-order valence-electron chi connectivity index (χ4n) is 1.11. The van der Waals surface area contributed by atoms with Gasteiger partial charge in [-0.15, -0.1) is 0 Å². The molecule has 0 aromatic carbocycles. The van der Waals surface area contributed by atoms with E-state index < -0.39 is 0 Å². The van der Waals surface area contributed by atoms with Gasteiger partial charge in [0.05, 0.1) is 12.1 Å². The second-order valence-electron chi connectivity index (χ2n) is 3.98. The van der Waals surface area contributed by atoms with Crippen molar-refractivity contribution in [2.75, 3.05) is 0 Å². The minimum Gasteiger partial charge on any atom is -0.323 e. The first-order valence-electron chi connectivity index (χ1n) is 5.10. The van der Waals surface area contributed by atoms with E-state index in [1.54, 1.807) is 12.3 Å². The van der Waals surface area contributed by atoms with Gasteiger partial charge in [0, 0.05) is 18.2 Å². The predicted molar refractivity (Wildman–Crippen MR) is 58.2 cm³/mol. The van der Waals surface area contributed by atoms with Crippen LogP contribution in [0.15, 0.2) is 12.3 Å². The number of rotatable bonds is 4. The molecule has 0 aliphatic carbocycles. The molecular weight excluding hydrogens is 190 g/mol. The Balaban J connectivity index is 2.78. The van der Waals surface area contributed by atoms with Crippen LogP contribution in [-0.4, -0.2) is 15.8 Å². The first-order chi connectivity index (χ1) is 7.00. The highest BCUT2D eigenvalue weighted by atomic mass is 16.1. The zero-order valence-electron chi connectivity index (χ0n) is 9.40. The summed E-state index contributed by atoms with van der Waals surface area (Å²) < 4.78 is 0. The molecular formula is C11H17N3O. The highest BCUT2D eigenvalue weighted by Gasteiger charge is 2.11. The number of carbonyl (C=O) groups is 1. The monoisotopic (exact) mass is 207 g/mol. The van der Waals surface area contributed by atoms with Gasteiger partial charge in [-0.2, -0.15) is 0 Å². The molecule has 0 saturated carbocycles. The van der Waals surface area contributed by atoms with Gasteiger partial charge in [0.25, 0.3) is 0 Å². The van der Waals surface area contributed by atoms with Gasteiger partial charge in [0.1, 0.15) is 11.6 Å². The third-order valence-corrected chi connectivity index (χ3v) is 2.17. The second kappa shape index (κ2) is 4.98. The van der Waals surface area contributed by atoms with Crippen LogP contribution in [0.3, 0.4) is 0 Å². The van der Waals surface area contributed by atoms with E-state index in [1.165, 1.54) is 0 Å². The van der Waals surface area contributed by atoms with Crippen LogP contribution in [0.25, 0.3) is 0 Å². The maximum atomic E-state index is 11.5. The average Bonchev–Trinajstić information content (AvgIpc) is 2.18. The number of hydrogen-bond donors (Lipinski definition) is 1. The summed E-state index contributed by atoms with van der Waals surface area (Å²) in [6.45, 7) is 5.60. The Kier molecular flexibility index (Phi) is 3.91. The minimum atomic E-state index is -0.124. The molecule has 0 spiro atoms. The minimum absolute atomic E-state index is 0.0209. The van der Waals surface area contributed by atoms with Crippen molar-refractivity contribution >= 4 is 5.78 Å². The molecule has 1 heterocycles. The normalized spacial score (nSPS) is 12.9. The summed E-state index contributed by atoms with van der Waals surface area (Å²) in [5, 5.41) is 0. The standard InChI is InChI=1S/C11H17N3O/c1-7(2)10(15)6-11-13-5-4-9(14-11)8(3)12/h4-5,7-8H,6,12H2,1-3H3. The van der Waals surface area contributed by atoms with Gasteiger partial charge in [-0.05, 0) is 13.0 Å². The van der Waals surface area contributed by atoms with Gasteiger partial charge in [0.2, 0.25) is 0 Å². The lowest BCUT2D eigenvalue weighted by molar-refractivity contribution is -0.121. The third-order valence-electron chi connectivity index (χ3n) is 2.17. The van der Waals surface area contributed by atoms with E-state index in [9.17, 15) is 4.79 Å². The lowest BCUT2D eigenvalue weighted by Gasteiger charge is -2.07. The highest BCUT2D eigenvalue weighted by molar-refractivity contribution is 5.81. The van der Waals surface area contributed by atoms with Crippen LogP contribution >= 0.6 is 0 Å². The molecule has 1 aromatic rings. The molecule has 1 unspecified atom stereocenters. The molecule has 0 bridgehead atoms. The number of Topliss-reactive ketones (excluding diaryl/α,β-unsaturated/α-hetero) is 1. The van der Waals surface area contributed by atoms with Crippen molar-refractivity contribution in [3.05, 3.63) is 23.8 Å². The van der Waals surface area contributed by atoms with Gasteiger partial charge < -0.3 is 5.73 Å². The smallest absolute Gasteiger partial charge is 0.142 e. The van der Waals surface area contributed by atoms with E-state index in [0.717, 1.165) is 5.69 Å². The van der Waals surface area contributed by atoms with Crippen LogP contribution < -0.4 is 5.73 Å². The molecule has 1 atom stereocenters. The largest absolute Gasteiger partial charge is 0.323 e. The third kappa shape index (κ3) is 3.40. The molecule has 1 aromatic heterocycles. The number of nitrogens with two attached hydrogens (primary N) is 1. The summed E-state index contributed by atoms with van der Waals surface area (Å²) in [5.74, 6) is 0.730. The van der Waals surface area contributed by atoms with Crippen molar-refractivity contribution in [2.24, 2.45) is 11.7 Å². The van der Waals surface area contributed by atoms with Gasteiger partial charge in [-0.3, -0.25) is 4.79 Å². The topological polar surface area (TPSA) is 68.9 Å². The summed E-state index contributed by atoms with van der Waals surface area (Å²) in [6, 6.07) is 1.65. The summed E-state index contributed by atoms with van der Waals surface area (Å²) in [7, 11) is 0. The molecule has 15 heavy (non-hydrogen) atoms. The molecule has 2 N–H and O–H groups in total. The van der Waals surface area contributed by atoms with Crippen molar-refractivity contribution in [3.63, 3.8) is 0 Å². The first kappa shape index (κ1) is 11.8. The zero-order valence-corrected chi connectivity index (χ0v) is 9.40. The lowest BCUT2D eigenvalue weighted by Crippen LogP contribution is -2.15.